The second-order valence-electron chi connectivity index (χ2n) is 6.48. The van der Waals surface area contributed by atoms with Gasteiger partial charge in [-0.25, -0.2) is 0 Å². The molecule has 112 valence electrons. The lowest BCUT2D eigenvalue weighted by Crippen LogP contribution is -2.32. The average Bonchev–Trinajstić information content (AvgIpc) is 2.77. The van der Waals surface area contributed by atoms with Crippen molar-refractivity contribution in [2.24, 2.45) is 11.1 Å². The molecule has 0 aromatic heterocycles. The van der Waals surface area contributed by atoms with E-state index in [0.717, 1.165) is 13.0 Å². The molecule has 3 aliphatic carbocycles. The summed E-state index contributed by atoms with van der Waals surface area (Å²) >= 11 is 0. The summed E-state index contributed by atoms with van der Waals surface area (Å²) in [6.07, 6.45) is 15.2. The Labute approximate surface area is 128 Å². The molecule has 0 saturated heterocycles. The SMILES string of the molecule is CCOC=C1C=CC2=C(C1)CC1(CCC(N)CC1)C2.Cl. The maximum atomic E-state index is 6.06. The van der Waals surface area contributed by atoms with Crippen molar-refractivity contribution in [3.63, 3.8) is 0 Å². The molecule has 0 aromatic rings. The average molecular weight is 296 g/mol. The van der Waals surface area contributed by atoms with Crippen molar-refractivity contribution in [3.8, 4) is 0 Å². The first-order valence-corrected chi connectivity index (χ1v) is 7.66. The van der Waals surface area contributed by atoms with Crippen LogP contribution in [0.2, 0.25) is 0 Å². The van der Waals surface area contributed by atoms with Gasteiger partial charge >= 0.3 is 0 Å². The van der Waals surface area contributed by atoms with Gasteiger partial charge in [-0.1, -0.05) is 17.7 Å². The minimum Gasteiger partial charge on any atom is -0.501 e. The summed E-state index contributed by atoms with van der Waals surface area (Å²) in [5.41, 5.74) is 11.2. The standard InChI is InChI=1S/C17H25NO.ClH/c1-2-19-12-13-3-4-14-10-17(11-15(14)9-13)7-5-16(18)6-8-17;/h3-4,12,16H,2,5-11,18H2,1H3;1H. The fraction of sp³-hybridized carbons (Fsp3) is 0.647. The summed E-state index contributed by atoms with van der Waals surface area (Å²) in [5, 5.41) is 0. The van der Waals surface area contributed by atoms with Crippen LogP contribution in [0.1, 0.15) is 51.9 Å². The maximum Gasteiger partial charge on any atom is 0.0863 e. The number of allylic oxidation sites excluding steroid dienone is 5. The second kappa shape index (κ2) is 6.36. The van der Waals surface area contributed by atoms with Crippen LogP contribution < -0.4 is 5.73 Å². The van der Waals surface area contributed by atoms with Gasteiger partial charge in [0.05, 0.1) is 12.9 Å². The summed E-state index contributed by atoms with van der Waals surface area (Å²) in [7, 11) is 0. The molecule has 2 N–H and O–H groups in total. The largest absolute Gasteiger partial charge is 0.501 e. The van der Waals surface area contributed by atoms with E-state index >= 15 is 0 Å². The third kappa shape index (κ3) is 3.12. The van der Waals surface area contributed by atoms with Crippen molar-refractivity contribution in [2.75, 3.05) is 6.61 Å². The van der Waals surface area contributed by atoms with E-state index in [2.05, 4.69) is 12.2 Å². The lowest BCUT2D eigenvalue weighted by atomic mass is 9.70. The Kier molecular flexibility index (Phi) is 4.98. The maximum absolute atomic E-state index is 6.06. The van der Waals surface area contributed by atoms with Gasteiger partial charge in [-0.05, 0) is 68.4 Å². The normalized spacial score (nSPS) is 34.3. The fourth-order valence-electron chi connectivity index (χ4n) is 3.90. The monoisotopic (exact) mass is 295 g/mol. The Morgan fingerprint density at radius 1 is 1.30 bits per heavy atom. The molecule has 2 nitrogen and oxygen atoms in total. The van der Waals surface area contributed by atoms with Crippen LogP contribution in [-0.4, -0.2) is 12.6 Å². The summed E-state index contributed by atoms with van der Waals surface area (Å²) in [4.78, 5) is 0. The van der Waals surface area contributed by atoms with E-state index < -0.39 is 0 Å². The molecule has 0 atom stereocenters. The Hall–Kier alpha value is -0.730. The predicted molar refractivity (Wildman–Crippen MR) is 85.9 cm³/mol. The third-order valence-corrected chi connectivity index (χ3v) is 5.02. The molecular weight excluding hydrogens is 270 g/mol. The molecule has 1 fully saturated rings. The Morgan fingerprint density at radius 2 is 2.05 bits per heavy atom. The number of hydrogen-bond acceptors (Lipinski definition) is 2. The highest BCUT2D eigenvalue weighted by molar-refractivity contribution is 5.85. The quantitative estimate of drug-likeness (QED) is 0.772. The number of rotatable bonds is 2. The predicted octanol–water partition coefficient (Wildman–Crippen LogP) is 4.27. The van der Waals surface area contributed by atoms with E-state index in [0.29, 0.717) is 11.5 Å². The van der Waals surface area contributed by atoms with Gasteiger partial charge in [0.15, 0.2) is 0 Å². The lowest BCUT2D eigenvalue weighted by molar-refractivity contribution is 0.186. The van der Waals surface area contributed by atoms with Gasteiger partial charge in [0.1, 0.15) is 0 Å². The van der Waals surface area contributed by atoms with Crippen LogP contribution in [-0.2, 0) is 4.74 Å². The smallest absolute Gasteiger partial charge is 0.0863 e. The first-order valence-electron chi connectivity index (χ1n) is 7.66. The van der Waals surface area contributed by atoms with E-state index in [4.69, 9.17) is 10.5 Å². The van der Waals surface area contributed by atoms with Crippen molar-refractivity contribution in [3.05, 3.63) is 35.1 Å². The number of nitrogens with two attached hydrogens (primary N) is 1. The van der Waals surface area contributed by atoms with Crippen LogP contribution in [0.4, 0.5) is 0 Å². The molecule has 1 spiro atoms. The minimum absolute atomic E-state index is 0. The zero-order valence-electron chi connectivity index (χ0n) is 12.4. The summed E-state index contributed by atoms with van der Waals surface area (Å²) < 4.78 is 5.42. The lowest BCUT2D eigenvalue weighted by Gasteiger charge is -2.36. The third-order valence-electron chi connectivity index (χ3n) is 5.02. The second-order valence-corrected chi connectivity index (χ2v) is 6.48. The first-order chi connectivity index (χ1) is 9.21. The molecule has 0 aromatic carbocycles. The van der Waals surface area contributed by atoms with E-state index in [1.165, 1.54) is 44.1 Å². The summed E-state index contributed by atoms with van der Waals surface area (Å²) in [6, 6.07) is 0.451. The summed E-state index contributed by atoms with van der Waals surface area (Å²) in [5.74, 6) is 0. The van der Waals surface area contributed by atoms with Crippen molar-refractivity contribution >= 4 is 12.4 Å². The van der Waals surface area contributed by atoms with E-state index in [1.807, 2.05) is 13.2 Å². The molecule has 0 amide bonds. The number of halogens is 1. The van der Waals surface area contributed by atoms with Crippen molar-refractivity contribution in [1.82, 2.24) is 0 Å². The first kappa shape index (κ1) is 15.7. The highest BCUT2D eigenvalue weighted by Crippen LogP contribution is 2.53. The fourth-order valence-corrected chi connectivity index (χ4v) is 3.90. The molecule has 3 rings (SSSR count). The van der Waals surface area contributed by atoms with Crippen LogP contribution in [0.25, 0.3) is 0 Å². The van der Waals surface area contributed by atoms with Gasteiger partial charge in [0.2, 0.25) is 0 Å². The molecule has 20 heavy (non-hydrogen) atoms. The number of ether oxygens (including phenoxy) is 1. The number of hydrogen-bond donors (Lipinski definition) is 1. The zero-order valence-corrected chi connectivity index (χ0v) is 13.2. The van der Waals surface area contributed by atoms with Crippen LogP contribution in [0.3, 0.4) is 0 Å². The molecule has 3 heteroatoms. The zero-order chi connectivity index (χ0) is 13.3. The molecule has 0 aliphatic heterocycles. The van der Waals surface area contributed by atoms with E-state index in [1.54, 1.807) is 11.1 Å². The van der Waals surface area contributed by atoms with E-state index in [-0.39, 0.29) is 12.4 Å². The van der Waals surface area contributed by atoms with Crippen LogP contribution in [0.5, 0.6) is 0 Å². The van der Waals surface area contributed by atoms with Gasteiger partial charge in [-0.3, -0.25) is 0 Å². The van der Waals surface area contributed by atoms with Crippen molar-refractivity contribution < 1.29 is 4.74 Å². The van der Waals surface area contributed by atoms with Crippen LogP contribution in [0.15, 0.2) is 35.1 Å². The summed E-state index contributed by atoms with van der Waals surface area (Å²) in [6.45, 7) is 2.79. The molecule has 3 aliphatic rings. The van der Waals surface area contributed by atoms with Crippen molar-refractivity contribution in [1.29, 1.82) is 0 Å². The Bertz CT molecular complexity index is 442. The van der Waals surface area contributed by atoms with Crippen LogP contribution in [0, 0.1) is 5.41 Å². The topological polar surface area (TPSA) is 35.2 Å². The molecule has 0 bridgehead atoms. The van der Waals surface area contributed by atoms with Gasteiger partial charge < -0.3 is 10.5 Å². The molecule has 0 radical (unpaired) electrons. The highest BCUT2D eigenvalue weighted by atomic mass is 35.5. The molecule has 0 heterocycles. The van der Waals surface area contributed by atoms with E-state index in [9.17, 15) is 0 Å². The minimum atomic E-state index is 0. The highest BCUT2D eigenvalue weighted by Gasteiger charge is 2.40. The molecule has 1 saturated carbocycles. The van der Waals surface area contributed by atoms with Gasteiger partial charge in [-0.2, -0.15) is 0 Å². The van der Waals surface area contributed by atoms with Gasteiger partial charge in [0, 0.05) is 6.04 Å². The molecular formula is C17H26ClNO. The Morgan fingerprint density at radius 3 is 2.75 bits per heavy atom. The Balaban J connectivity index is 0.00000147. The van der Waals surface area contributed by atoms with Crippen LogP contribution >= 0.6 is 12.4 Å². The van der Waals surface area contributed by atoms with Gasteiger partial charge in [0.25, 0.3) is 0 Å². The molecule has 0 unspecified atom stereocenters. The van der Waals surface area contributed by atoms with Crippen molar-refractivity contribution in [2.45, 2.75) is 57.9 Å². The van der Waals surface area contributed by atoms with Gasteiger partial charge in [-0.15, -0.1) is 12.4 Å².